The van der Waals surface area contributed by atoms with Gasteiger partial charge in [-0.15, -0.1) is 0 Å². The Hall–Kier alpha value is -2.38. The van der Waals surface area contributed by atoms with Crippen LogP contribution >= 0.6 is 11.6 Å². The summed E-state index contributed by atoms with van der Waals surface area (Å²) < 4.78 is 23.2. The molecule has 132 valence electrons. The SMILES string of the molecule is CS(=O)(=O)c1cccc(C(=O)N[C@@H](CC(=O)O)c2ccccc2Cl)c1. The first-order valence-electron chi connectivity index (χ1n) is 7.25. The van der Waals surface area contributed by atoms with Crippen LogP contribution in [-0.4, -0.2) is 31.7 Å². The summed E-state index contributed by atoms with van der Waals surface area (Å²) in [5.41, 5.74) is 0.588. The van der Waals surface area contributed by atoms with Gasteiger partial charge >= 0.3 is 5.97 Å². The summed E-state index contributed by atoms with van der Waals surface area (Å²) in [5.74, 6) is -1.69. The van der Waals surface area contributed by atoms with E-state index >= 15 is 0 Å². The largest absolute Gasteiger partial charge is 0.481 e. The molecule has 2 N–H and O–H groups in total. The quantitative estimate of drug-likeness (QED) is 0.801. The van der Waals surface area contributed by atoms with Crippen LogP contribution in [0.15, 0.2) is 53.4 Å². The van der Waals surface area contributed by atoms with Gasteiger partial charge in [0.05, 0.1) is 17.4 Å². The van der Waals surface area contributed by atoms with E-state index in [1.54, 1.807) is 24.3 Å². The lowest BCUT2D eigenvalue weighted by Gasteiger charge is -2.19. The highest BCUT2D eigenvalue weighted by Crippen LogP contribution is 2.25. The average Bonchev–Trinajstić information content (AvgIpc) is 2.53. The number of carboxylic acids is 1. The maximum Gasteiger partial charge on any atom is 0.305 e. The number of hydrogen-bond donors (Lipinski definition) is 2. The molecule has 25 heavy (non-hydrogen) atoms. The molecule has 0 aromatic heterocycles. The highest BCUT2D eigenvalue weighted by molar-refractivity contribution is 7.90. The van der Waals surface area contributed by atoms with Crippen molar-refractivity contribution in [1.29, 1.82) is 0 Å². The first-order valence-corrected chi connectivity index (χ1v) is 9.52. The van der Waals surface area contributed by atoms with Crippen molar-refractivity contribution in [2.45, 2.75) is 17.4 Å². The van der Waals surface area contributed by atoms with Crippen LogP contribution in [0.25, 0.3) is 0 Å². The van der Waals surface area contributed by atoms with E-state index in [1.165, 1.54) is 24.3 Å². The standard InChI is InChI=1S/C17H16ClNO5S/c1-25(23,24)12-6-4-5-11(9-12)17(22)19-15(10-16(20)21)13-7-2-3-8-14(13)18/h2-9,15H,10H2,1H3,(H,19,22)(H,20,21)/t15-/m0/s1. The van der Waals surface area contributed by atoms with E-state index in [9.17, 15) is 18.0 Å². The second-order valence-electron chi connectivity index (χ2n) is 5.45. The van der Waals surface area contributed by atoms with Crippen LogP contribution in [0.5, 0.6) is 0 Å². The molecule has 2 aromatic carbocycles. The molecule has 0 unspecified atom stereocenters. The number of hydrogen-bond acceptors (Lipinski definition) is 4. The summed E-state index contributed by atoms with van der Waals surface area (Å²) in [7, 11) is -3.46. The number of carbonyl (C=O) groups is 2. The molecule has 0 spiro atoms. The van der Waals surface area contributed by atoms with Crippen molar-refractivity contribution in [3.63, 3.8) is 0 Å². The number of rotatable bonds is 6. The Balaban J connectivity index is 2.32. The minimum atomic E-state index is -3.46. The minimum Gasteiger partial charge on any atom is -0.481 e. The number of benzene rings is 2. The van der Waals surface area contributed by atoms with Crippen molar-refractivity contribution >= 4 is 33.3 Å². The first kappa shape index (κ1) is 19.0. The molecule has 0 aliphatic heterocycles. The molecule has 2 rings (SSSR count). The van der Waals surface area contributed by atoms with Crippen LogP contribution in [0.4, 0.5) is 0 Å². The molecule has 0 saturated heterocycles. The molecule has 0 saturated carbocycles. The van der Waals surface area contributed by atoms with E-state index in [0.29, 0.717) is 10.6 Å². The van der Waals surface area contributed by atoms with Crippen molar-refractivity contribution in [1.82, 2.24) is 5.32 Å². The lowest BCUT2D eigenvalue weighted by Crippen LogP contribution is -2.30. The Morgan fingerprint density at radius 3 is 2.44 bits per heavy atom. The molecule has 1 atom stereocenters. The van der Waals surface area contributed by atoms with E-state index < -0.39 is 27.8 Å². The molecule has 0 aliphatic rings. The highest BCUT2D eigenvalue weighted by Gasteiger charge is 2.21. The van der Waals surface area contributed by atoms with Crippen LogP contribution in [0, 0.1) is 0 Å². The summed E-state index contributed by atoms with van der Waals surface area (Å²) in [6.07, 6.45) is 0.683. The normalized spacial score (nSPS) is 12.4. The molecule has 0 radical (unpaired) electrons. The third-order valence-electron chi connectivity index (χ3n) is 3.49. The smallest absolute Gasteiger partial charge is 0.305 e. The van der Waals surface area contributed by atoms with Crippen molar-refractivity contribution in [3.8, 4) is 0 Å². The Labute approximate surface area is 150 Å². The fraction of sp³-hybridized carbons (Fsp3) is 0.176. The van der Waals surface area contributed by atoms with Crippen LogP contribution in [-0.2, 0) is 14.6 Å². The van der Waals surface area contributed by atoms with Crippen LogP contribution in [0.3, 0.4) is 0 Å². The molecular formula is C17H16ClNO5S. The lowest BCUT2D eigenvalue weighted by atomic mass is 10.0. The molecule has 2 aromatic rings. The van der Waals surface area contributed by atoms with Gasteiger partial charge in [-0.3, -0.25) is 9.59 Å². The number of aliphatic carboxylic acids is 1. The predicted molar refractivity (Wildman–Crippen MR) is 93.5 cm³/mol. The van der Waals surface area contributed by atoms with Gasteiger partial charge in [-0.05, 0) is 29.8 Å². The van der Waals surface area contributed by atoms with Gasteiger partial charge in [0.15, 0.2) is 9.84 Å². The third-order valence-corrected chi connectivity index (χ3v) is 4.94. The predicted octanol–water partition coefficient (Wildman–Crippen LogP) is 2.69. The average molecular weight is 382 g/mol. The molecule has 1 amide bonds. The first-order chi connectivity index (χ1) is 11.7. The molecule has 0 aliphatic carbocycles. The zero-order chi connectivity index (χ0) is 18.6. The number of carboxylic acid groups (broad SMARTS) is 1. The maximum absolute atomic E-state index is 12.5. The summed E-state index contributed by atoms with van der Waals surface area (Å²) >= 11 is 6.09. The van der Waals surface area contributed by atoms with Gasteiger partial charge in [0.2, 0.25) is 0 Å². The van der Waals surface area contributed by atoms with Crippen LogP contribution in [0.1, 0.15) is 28.4 Å². The van der Waals surface area contributed by atoms with Gasteiger partial charge in [0.25, 0.3) is 5.91 Å². The molecule has 0 bridgehead atoms. The summed E-state index contributed by atoms with van der Waals surface area (Å²) in [4.78, 5) is 23.6. The summed E-state index contributed by atoms with van der Waals surface area (Å²) in [6, 6.07) is 11.3. The molecule has 0 fully saturated rings. The fourth-order valence-corrected chi connectivity index (χ4v) is 3.21. The van der Waals surface area contributed by atoms with Gasteiger partial charge in [0.1, 0.15) is 0 Å². The lowest BCUT2D eigenvalue weighted by molar-refractivity contribution is -0.137. The summed E-state index contributed by atoms with van der Waals surface area (Å²) in [6.45, 7) is 0. The molecule has 8 heteroatoms. The van der Waals surface area contributed by atoms with E-state index in [1.807, 2.05) is 0 Å². The second kappa shape index (κ2) is 7.67. The van der Waals surface area contributed by atoms with Crippen LogP contribution in [0.2, 0.25) is 5.02 Å². The van der Waals surface area contributed by atoms with Crippen molar-refractivity contribution in [2.75, 3.05) is 6.26 Å². The third kappa shape index (κ3) is 5.04. The molecule has 0 heterocycles. The number of carbonyl (C=O) groups excluding carboxylic acids is 1. The zero-order valence-electron chi connectivity index (χ0n) is 13.3. The minimum absolute atomic E-state index is 0.00711. The van der Waals surface area contributed by atoms with Gasteiger partial charge in [0, 0.05) is 16.8 Å². The van der Waals surface area contributed by atoms with Gasteiger partial charge in [-0.1, -0.05) is 35.9 Å². The highest BCUT2D eigenvalue weighted by atomic mass is 35.5. The van der Waals surface area contributed by atoms with E-state index in [-0.39, 0.29) is 16.9 Å². The zero-order valence-corrected chi connectivity index (χ0v) is 14.8. The number of amides is 1. The Morgan fingerprint density at radius 1 is 1.16 bits per heavy atom. The topological polar surface area (TPSA) is 101 Å². The van der Waals surface area contributed by atoms with E-state index in [4.69, 9.17) is 16.7 Å². The van der Waals surface area contributed by atoms with Crippen molar-refractivity contribution < 1.29 is 23.1 Å². The van der Waals surface area contributed by atoms with Crippen molar-refractivity contribution in [3.05, 3.63) is 64.7 Å². The second-order valence-corrected chi connectivity index (χ2v) is 7.87. The van der Waals surface area contributed by atoms with E-state index in [2.05, 4.69) is 5.32 Å². The Bertz CT molecular complexity index is 911. The number of nitrogens with one attached hydrogen (secondary N) is 1. The molecule has 6 nitrogen and oxygen atoms in total. The van der Waals surface area contributed by atoms with Gasteiger partial charge < -0.3 is 10.4 Å². The molecular weight excluding hydrogens is 366 g/mol. The van der Waals surface area contributed by atoms with Crippen LogP contribution < -0.4 is 5.32 Å². The van der Waals surface area contributed by atoms with Gasteiger partial charge in [-0.2, -0.15) is 0 Å². The monoisotopic (exact) mass is 381 g/mol. The van der Waals surface area contributed by atoms with Crippen molar-refractivity contribution in [2.24, 2.45) is 0 Å². The Morgan fingerprint density at radius 2 is 1.84 bits per heavy atom. The number of halogens is 1. The van der Waals surface area contributed by atoms with Gasteiger partial charge in [-0.25, -0.2) is 8.42 Å². The Kier molecular flexibility index (Phi) is 5.81. The summed E-state index contributed by atoms with van der Waals surface area (Å²) in [5, 5.41) is 12.0. The van der Waals surface area contributed by atoms with E-state index in [0.717, 1.165) is 6.26 Å². The fourth-order valence-electron chi connectivity index (χ4n) is 2.28. The number of sulfone groups is 1. The maximum atomic E-state index is 12.5.